The molecule has 2 heterocycles. The van der Waals surface area contributed by atoms with Crippen molar-refractivity contribution in [1.82, 2.24) is 14.4 Å². The summed E-state index contributed by atoms with van der Waals surface area (Å²) in [5.74, 6) is 0.797. The molecule has 1 aliphatic heterocycles. The van der Waals surface area contributed by atoms with Crippen LogP contribution in [0.1, 0.15) is 29.2 Å². The first-order valence-corrected chi connectivity index (χ1v) is 17.3. The van der Waals surface area contributed by atoms with Gasteiger partial charge in [-0.05, 0) is 85.6 Å². The molecule has 0 radical (unpaired) electrons. The molecule has 1 unspecified atom stereocenters. The monoisotopic (exact) mass is 651 g/mol. The van der Waals surface area contributed by atoms with Crippen LogP contribution in [-0.2, 0) is 23.8 Å². The summed E-state index contributed by atoms with van der Waals surface area (Å²) in [6, 6.07) is 46.3. The number of piperazine rings is 1. The van der Waals surface area contributed by atoms with Crippen molar-refractivity contribution in [2.45, 2.75) is 32.9 Å². The van der Waals surface area contributed by atoms with E-state index >= 15 is 0 Å². The van der Waals surface area contributed by atoms with Gasteiger partial charge >= 0.3 is 0 Å². The van der Waals surface area contributed by atoms with Crippen LogP contribution in [0.2, 0.25) is 0 Å². The van der Waals surface area contributed by atoms with Gasteiger partial charge in [-0.1, -0.05) is 91.0 Å². The lowest BCUT2D eigenvalue weighted by Gasteiger charge is -2.48. The number of likely N-dealkylation sites (N-methyl/N-ethyl adjacent to an activating group) is 1. The molecule has 49 heavy (non-hydrogen) atoms. The molecule has 7 rings (SSSR count). The summed E-state index contributed by atoms with van der Waals surface area (Å²) >= 11 is 0. The fraction of sp³-hybridized carbons (Fsp3) is 0.256. The number of rotatable bonds is 12. The van der Waals surface area contributed by atoms with Gasteiger partial charge in [0.05, 0.1) is 11.2 Å². The first-order chi connectivity index (χ1) is 24.1. The van der Waals surface area contributed by atoms with Crippen molar-refractivity contribution in [1.29, 1.82) is 0 Å². The quantitative estimate of drug-likeness (QED) is 0.132. The average molecular weight is 652 g/mol. The Morgan fingerprint density at radius 2 is 1.18 bits per heavy atom. The molecule has 250 valence electrons. The largest absolute Gasteiger partial charge is 0.489 e. The topological polar surface area (TPSA) is 39.1 Å². The lowest BCUT2D eigenvalue weighted by Crippen LogP contribution is -2.59. The standard InChI is InChI=1S/C43H45N3O3/c1-4-49-43(37-18-12-7-13-19-37,45-28-26-44(3)27-29-45)46-41-25-24-39(48-32-35-16-10-6-11-17-35)30-40(41)33(2)42(46)36-20-22-38(23-21-36)47-31-34-14-8-5-9-15-34/h5-25,30H,4,26-29,31-32H2,1-3H3. The molecule has 1 aliphatic rings. The maximum atomic E-state index is 7.12. The molecule has 6 heteroatoms. The van der Waals surface area contributed by atoms with Crippen LogP contribution in [0.25, 0.3) is 22.2 Å². The Balaban J connectivity index is 1.38. The van der Waals surface area contributed by atoms with Crippen LogP contribution in [0, 0.1) is 6.92 Å². The second kappa shape index (κ2) is 14.7. The number of hydrogen-bond donors (Lipinski definition) is 0. The molecular weight excluding hydrogens is 606 g/mol. The summed E-state index contributed by atoms with van der Waals surface area (Å²) in [7, 11) is 2.20. The third-order valence-corrected chi connectivity index (χ3v) is 9.55. The first-order valence-electron chi connectivity index (χ1n) is 17.3. The van der Waals surface area contributed by atoms with Crippen LogP contribution in [-0.4, -0.2) is 54.2 Å². The van der Waals surface area contributed by atoms with Crippen molar-refractivity contribution in [3.05, 3.63) is 156 Å². The zero-order valence-electron chi connectivity index (χ0n) is 28.7. The van der Waals surface area contributed by atoms with E-state index in [9.17, 15) is 0 Å². The number of hydrogen-bond acceptors (Lipinski definition) is 5. The van der Waals surface area contributed by atoms with Crippen LogP contribution in [0.4, 0.5) is 0 Å². The third-order valence-electron chi connectivity index (χ3n) is 9.55. The van der Waals surface area contributed by atoms with Gasteiger partial charge in [-0.3, -0.25) is 9.47 Å². The Bertz CT molecular complexity index is 1950. The highest BCUT2D eigenvalue weighted by Crippen LogP contribution is 2.44. The molecule has 1 atom stereocenters. The van der Waals surface area contributed by atoms with Crippen molar-refractivity contribution in [2.24, 2.45) is 0 Å². The Hall–Kier alpha value is -4.88. The van der Waals surface area contributed by atoms with E-state index in [0.29, 0.717) is 19.8 Å². The predicted octanol–water partition coefficient (Wildman–Crippen LogP) is 8.72. The minimum absolute atomic E-state index is 0.512. The molecule has 0 bridgehead atoms. The molecule has 0 saturated carbocycles. The number of ether oxygens (including phenoxy) is 3. The van der Waals surface area contributed by atoms with Crippen LogP contribution in [0.5, 0.6) is 11.5 Å². The Morgan fingerprint density at radius 1 is 0.633 bits per heavy atom. The summed E-state index contributed by atoms with van der Waals surface area (Å²) in [6.07, 6.45) is 0. The minimum atomic E-state index is -0.881. The Labute approximate surface area is 290 Å². The van der Waals surface area contributed by atoms with E-state index in [2.05, 4.69) is 132 Å². The van der Waals surface area contributed by atoms with Crippen molar-refractivity contribution in [2.75, 3.05) is 39.8 Å². The fourth-order valence-corrected chi connectivity index (χ4v) is 7.03. The lowest BCUT2D eigenvalue weighted by molar-refractivity contribution is -0.188. The Kier molecular flexibility index (Phi) is 9.80. The number of fused-ring (bicyclic) bond motifs is 1. The number of benzene rings is 5. The van der Waals surface area contributed by atoms with E-state index in [4.69, 9.17) is 14.2 Å². The fourth-order valence-electron chi connectivity index (χ4n) is 7.03. The summed E-state index contributed by atoms with van der Waals surface area (Å²) in [5.41, 5.74) is 7.87. The zero-order valence-corrected chi connectivity index (χ0v) is 28.7. The van der Waals surface area contributed by atoms with E-state index in [1.165, 1.54) is 5.56 Å². The van der Waals surface area contributed by atoms with Crippen LogP contribution in [0.15, 0.2) is 133 Å². The van der Waals surface area contributed by atoms with Crippen LogP contribution >= 0.6 is 0 Å². The summed E-state index contributed by atoms with van der Waals surface area (Å²) in [4.78, 5) is 4.91. The minimum Gasteiger partial charge on any atom is -0.489 e. The molecule has 0 aliphatic carbocycles. The molecule has 5 aromatic carbocycles. The van der Waals surface area contributed by atoms with Gasteiger partial charge in [0.25, 0.3) is 0 Å². The number of aryl methyl sites for hydroxylation is 1. The summed E-state index contributed by atoms with van der Waals surface area (Å²) in [5, 5.41) is 1.14. The second-order valence-corrected chi connectivity index (χ2v) is 12.8. The predicted molar refractivity (Wildman–Crippen MR) is 198 cm³/mol. The van der Waals surface area contributed by atoms with E-state index in [0.717, 1.165) is 76.5 Å². The maximum absolute atomic E-state index is 7.12. The van der Waals surface area contributed by atoms with Gasteiger partial charge in [0, 0.05) is 43.7 Å². The van der Waals surface area contributed by atoms with E-state index in [-0.39, 0.29) is 0 Å². The zero-order chi connectivity index (χ0) is 33.6. The second-order valence-electron chi connectivity index (χ2n) is 12.8. The SMILES string of the molecule is CCOC(c1ccccc1)(N1CCN(C)CC1)n1c(-c2ccc(OCc3ccccc3)cc2)c(C)c2cc(OCc3ccccc3)ccc21. The maximum Gasteiger partial charge on any atom is 0.232 e. The van der Waals surface area contributed by atoms with Crippen molar-refractivity contribution in [3.8, 4) is 22.8 Å². The Morgan fingerprint density at radius 3 is 1.78 bits per heavy atom. The molecule has 0 spiro atoms. The molecular formula is C43H45N3O3. The normalized spacial score (nSPS) is 15.2. The molecule has 6 aromatic rings. The summed E-state index contributed by atoms with van der Waals surface area (Å²) in [6.45, 7) is 9.56. The van der Waals surface area contributed by atoms with Gasteiger partial charge < -0.3 is 19.1 Å². The first kappa shape index (κ1) is 32.7. The molecule has 0 N–H and O–H groups in total. The average Bonchev–Trinajstić information content (AvgIpc) is 3.45. The highest BCUT2D eigenvalue weighted by molar-refractivity contribution is 5.93. The number of nitrogens with zero attached hydrogens (tertiary/aromatic N) is 3. The van der Waals surface area contributed by atoms with Crippen LogP contribution < -0.4 is 9.47 Å². The van der Waals surface area contributed by atoms with E-state index in [1.54, 1.807) is 0 Å². The van der Waals surface area contributed by atoms with Gasteiger partial charge in [0.2, 0.25) is 5.85 Å². The van der Waals surface area contributed by atoms with Crippen molar-refractivity contribution in [3.63, 3.8) is 0 Å². The molecule has 0 amide bonds. The van der Waals surface area contributed by atoms with Gasteiger partial charge in [-0.2, -0.15) is 0 Å². The van der Waals surface area contributed by atoms with Crippen molar-refractivity contribution >= 4 is 10.9 Å². The molecule has 1 fully saturated rings. The van der Waals surface area contributed by atoms with Crippen LogP contribution in [0.3, 0.4) is 0 Å². The van der Waals surface area contributed by atoms with E-state index in [1.807, 2.05) is 36.4 Å². The highest BCUT2D eigenvalue weighted by atomic mass is 16.5. The van der Waals surface area contributed by atoms with Gasteiger partial charge in [0.1, 0.15) is 24.7 Å². The van der Waals surface area contributed by atoms with E-state index < -0.39 is 5.85 Å². The highest BCUT2D eigenvalue weighted by Gasteiger charge is 2.45. The smallest absolute Gasteiger partial charge is 0.232 e. The van der Waals surface area contributed by atoms with Crippen molar-refractivity contribution < 1.29 is 14.2 Å². The molecule has 6 nitrogen and oxygen atoms in total. The summed E-state index contributed by atoms with van der Waals surface area (Å²) < 4.78 is 22.1. The van der Waals surface area contributed by atoms with Gasteiger partial charge in [0.15, 0.2) is 0 Å². The number of aromatic nitrogens is 1. The lowest BCUT2D eigenvalue weighted by atomic mass is 10.0. The molecule has 1 aromatic heterocycles. The van der Waals surface area contributed by atoms with Gasteiger partial charge in [-0.25, -0.2) is 0 Å². The third kappa shape index (κ3) is 6.73. The molecule has 1 saturated heterocycles. The van der Waals surface area contributed by atoms with Gasteiger partial charge in [-0.15, -0.1) is 0 Å².